The van der Waals surface area contributed by atoms with Crippen LogP contribution in [0.5, 0.6) is 5.75 Å². The van der Waals surface area contributed by atoms with Crippen molar-refractivity contribution in [1.82, 2.24) is 0 Å². The molecule has 14 atom stereocenters. The summed E-state index contributed by atoms with van der Waals surface area (Å²) >= 11 is 4.64. The number of aliphatic hydroxyl groups is 4. The predicted molar refractivity (Wildman–Crippen MR) is 185 cm³/mol. The van der Waals surface area contributed by atoms with Crippen molar-refractivity contribution >= 4 is 30.0 Å². The third-order valence-electron chi connectivity index (χ3n) is 12.3. The van der Waals surface area contributed by atoms with Gasteiger partial charge >= 0.3 is 0 Å². The van der Waals surface area contributed by atoms with E-state index in [2.05, 4.69) is 12.6 Å². The van der Waals surface area contributed by atoms with Crippen molar-refractivity contribution in [3.63, 3.8) is 0 Å². The van der Waals surface area contributed by atoms with Gasteiger partial charge in [-0.1, -0.05) is 11.6 Å². The second-order valence-electron chi connectivity index (χ2n) is 15.7. The standard InChI is InChI=1S/C37H49NO13S/c1-16-13-26(40)36(45)34(44,14-16)27(51-29-11-7-22(38)17(2)48-29)15-35(52)33(43)30-21(32(42)37(35,36)46)6-5-20(31(30)41)25-10-9-24(19(4)47-25)50-28-12-8-23(39)18(3)49-28/h5-6,13,17-19,22-25,27-29,39,41,44-46,52H,7-12,14-15,38H2,1-4H3/t17-,18+,19+,22-,23+,24+,25-,27-,28+,29-,34-,35+,36-,37+/m1/s1. The quantitative estimate of drug-likeness (QED) is 0.213. The van der Waals surface area contributed by atoms with Gasteiger partial charge in [0.25, 0.3) is 0 Å². The molecule has 0 radical (unpaired) electrons. The number of nitrogens with two attached hydrogens (primary N) is 1. The first-order chi connectivity index (χ1) is 24.4. The Morgan fingerprint density at radius 1 is 0.846 bits per heavy atom. The smallest absolute Gasteiger partial charge is 0.200 e. The fourth-order valence-corrected chi connectivity index (χ4v) is 9.73. The molecule has 0 spiro atoms. The molecular weight excluding hydrogens is 698 g/mol. The zero-order valence-corrected chi connectivity index (χ0v) is 30.6. The number of hydrogen-bond donors (Lipinski definition) is 7. The molecule has 3 saturated heterocycles. The van der Waals surface area contributed by atoms with E-state index in [4.69, 9.17) is 29.4 Å². The summed E-state index contributed by atoms with van der Waals surface area (Å²) in [5.41, 5.74) is -3.36. The molecule has 0 unspecified atom stereocenters. The number of aliphatic hydroxyl groups excluding tert-OH is 1. The van der Waals surface area contributed by atoms with Gasteiger partial charge in [-0.25, -0.2) is 0 Å². The molecule has 14 nitrogen and oxygen atoms in total. The fourth-order valence-electron chi connectivity index (χ4n) is 9.19. The first-order valence-corrected chi connectivity index (χ1v) is 18.6. The largest absolute Gasteiger partial charge is 0.507 e. The van der Waals surface area contributed by atoms with Crippen LogP contribution in [0, 0.1) is 0 Å². The number of thiol groups is 1. The van der Waals surface area contributed by atoms with E-state index in [9.17, 15) is 39.9 Å². The first-order valence-electron chi connectivity index (χ1n) is 18.1. The Bertz CT molecular complexity index is 1690. The molecule has 1 aromatic carbocycles. The van der Waals surface area contributed by atoms with Crippen LogP contribution in [0.1, 0.15) is 111 Å². The molecule has 15 heteroatoms. The van der Waals surface area contributed by atoms with Gasteiger partial charge in [-0.2, -0.15) is 12.6 Å². The molecule has 6 aliphatic rings. The van der Waals surface area contributed by atoms with E-state index in [-0.39, 0.29) is 30.2 Å². The fraction of sp³-hybridized carbons (Fsp3) is 0.703. The highest BCUT2D eigenvalue weighted by Crippen LogP contribution is 2.61. The Labute approximate surface area is 307 Å². The third-order valence-corrected chi connectivity index (χ3v) is 13.1. The summed E-state index contributed by atoms with van der Waals surface area (Å²) in [5.74, 6) is -4.04. The van der Waals surface area contributed by atoms with Crippen LogP contribution < -0.4 is 5.73 Å². The van der Waals surface area contributed by atoms with E-state index in [1.54, 1.807) is 20.8 Å². The molecule has 0 aromatic heterocycles. The van der Waals surface area contributed by atoms with Gasteiger partial charge in [0.05, 0.1) is 48.3 Å². The van der Waals surface area contributed by atoms with Crippen LogP contribution >= 0.6 is 12.6 Å². The molecule has 1 aromatic rings. The molecule has 1 saturated carbocycles. The highest BCUT2D eigenvalue weighted by atomic mass is 32.1. The molecule has 4 fully saturated rings. The van der Waals surface area contributed by atoms with Gasteiger partial charge in [0.2, 0.25) is 5.78 Å². The van der Waals surface area contributed by atoms with Gasteiger partial charge in [-0.3, -0.25) is 14.4 Å². The van der Waals surface area contributed by atoms with Gasteiger partial charge in [0.15, 0.2) is 35.3 Å². The third kappa shape index (κ3) is 5.41. The average Bonchev–Trinajstić information content (AvgIpc) is 3.08. The van der Waals surface area contributed by atoms with Crippen molar-refractivity contribution in [2.45, 2.75) is 162 Å². The van der Waals surface area contributed by atoms with E-state index in [0.717, 1.165) is 6.08 Å². The lowest BCUT2D eigenvalue weighted by molar-refractivity contribution is -0.314. The number of rotatable bonds is 5. The number of aromatic hydroxyl groups is 1. The van der Waals surface area contributed by atoms with Crippen LogP contribution in [0.4, 0.5) is 0 Å². The van der Waals surface area contributed by atoms with Crippen LogP contribution in [-0.2, 0) is 28.5 Å². The van der Waals surface area contributed by atoms with Gasteiger partial charge in [-0.15, -0.1) is 0 Å². The SMILES string of the molecule is CC1=CC(=O)[C@]2(O)[C@]3(O)C(=O)c4ccc([C@H]5CC[C@H](O[C@H]6CC[C@H](O)[C@H](C)O6)[C@H](C)O5)c(O)c4C(=O)[C@@]3(S)C[C@@H](O[C@@H]3CC[C@@H](N)[C@@H](C)O3)[C@]2(O)C1. The molecular formula is C37H49NO13S. The summed E-state index contributed by atoms with van der Waals surface area (Å²) in [5, 5.41) is 59.0. The molecule has 7 N–H and O–H groups in total. The van der Waals surface area contributed by atoms with Crippen LogP contribution in [0.25, 0.3) is 0 Å². The topological polar surface area (TPSA) is 225 Å². The molecule has 0 amide bonds. The van der Waals surface area contributed by atoms with Crippen LogP contribution in [-0.4, -0.2) is 120 Å². The van der Waals surface area contributed by atoms with Crippen molar-refractivity contribution in [3.05, 3.63) is 40.5 Å². The number of fused-ring (bicyclic) bond motifs is 4. The summed E-state index contributed by atoms with van der Waals surface area (Å²) < 4.78 is 27.9. The van der Waals surface area contributed by atoms with Crippen molar-refractivity contribution < 1.29 is 63.6 Å². The predicted octanol–water partition coefficient (Wildman–Crippen LogP) is 1.70. The highest BCUT2D eigenvalue weighted by molar-refractivity contribution is 7.83. The molecule has 52 heavy (non-hydrogen) atoms. The number of hydrogen-bond acceptors (Lipinski definition) is 15. The number of ketones is 3. The van der Waals surface area contributed by atoms with E-state index in [0.29, 0.717) is 44.1 Å². The summed E-state index contributed by atoms with van der Waals surface area (Å²) in [6.45, 7) is 6.91. The number of carbonyl (C=O) groups is 3. The molecule has 7 rings (SSSR count). The summed E-state index contributed by atoms with van der Waals surface area (Å²) in [7, 11) is 0. The number of carbonyl (C=O) groups excluding carboxylic acids is 3. The molecule has 0 bridgehead atoms. The van der Waals surface area contributed by atoms with Gasteiger partial charge in [-0.05, 0) is 71.9 Å². The monoisotopic (exact) mass is 747 g/mol. The number of Topliss-reactive ketones (excluding diaryl/α,β-unsaturated/α-hetero) is 2. The summed E-state index contributed by atoms with van der Waals surface area (Å²) in [6.07, 6.45) is -3.12. The maximum atomic E-state index is 14.7. The molecule has 3 heterocycles. The summed E-state index contributed by atoms with van der Waals surface area (Å²) in [6, 6.07) is 2.37. The van der Waals surface area contributed by atoms with Crippen LogP contribution in [0.3, 0.4) is 0 Å². The average molecular weight is 748 g/mol. The lowest BCUT2D eigenvalue weighted by Crippen LogP contribution is -2.89. The van der Waals surface area contributed by atoms with E-state index in [1.807, 2.05) is 6.92 Å². The number of benzene rings is 1. The second-order valence-corrected chi connectivity index (χ2v) is 16.4. The number of phenols is 1. The Kier molecular flexibility index (Phi) is 9.64. The minimum atomic E-state index is -3.28. The van der Waals surface area contributed by atoms with E-state index in [1.165, 1.54) is 12.1 Å². The maximum absolute atomic E-state index is 14.7. The molecule has 286 valence electrons. The first kappa shape index (κ1) is 38.0. The van der Waals surface area contributed by atoms with E-state index >= 15 is 0 Å². The Balaban J connectivity index is 1.22. The van der Waals surface area contributed by atoms with E-state index < -0.39 is 105 Å². The van der Waals surface area contributed by atoms with Crippen LogP contribution in [0.2, 0.25) is 0 Å². The van der Waals surface area contributed by atoms with Crippen molar-refractivity contribution in [1.29, 1.82) is 0 Å². The lowest BCUT2D eigenvalue weighted by atomic mass is 9.47. The Morgan fingerprint density at radius 2 is 1.52 bits per heavy atom. The van der Waals surface area contributed by atoms with Gasteiger partial charge < -0.3 is 55.0 Å². The van der Waals surface area contributed by atoms with Crippen molar-refractivity contribution in [3.8, 4) is 5.75 Å². The Morgan fingerprint density at radius 3 is 2.19 bits per heavy atom. The highest BCUT2D eigenvalue weighted by Gasteiger charge is 2.84. The minimum Gasteiger partial charge on any atom is -0.507 e. The Hall–Kier alpha value is -2.28. The van der Waals surface area contributed by atoms with Crippen molar-refractivity contribution in [2.24, 2.45) is 5.73 Å². The zero-order chi connectivity index (χ0) is 37.7. The molecule has 3 aliphatic carbocycles. The maximum Gasteiger partial charge on any atom is 0.200 e. The van der Waals surface area contributed by atoms with Crippen molar-refractivity contribution in [2.75, 3.05) is 0 Å². The van der Waals surface area contributed by atoms with Gasteiger partial charge in [0, 0.05) is 36.4 Å². The minimum absolute atomic E-state index is 0.213. The molecule has 3 aliphatic heterocycles. The zero-order valence-electron chi connectivity index (χ0n) is 29.7. The lowest BCUT2D eigenvalue weighted by Gasteiger charge is -2.64. The summed E-state index contributed by atoms with van der Waals surface area (Å²) in [4.78, 5) is 43.1. The van der Waals surface area contributed by atoms with Gasteiger partial charge in [0.1, 0.15) is 16.1 Å². The normalized spacial score (nSPS) is 46.6. The number of phenolic OH excluding ortho intramolecular Hbond substituents is 1. The second kappa shape index (κ2) is 13.2. The number of ether oxygens (including phenoxy) is 5. The van der Waals surface area contributed by atoms with Crippen LogP contribution in [0.15, 0.2) is 23.8 Å².